The number of nitrogens with zero attached hydrogens (tertiary/aromatic N) is 4. The molecule has 0 radical (unpaired) electrons. The van der Waals surface area contributed by atoms with Crippen LogP contribution in [0.1, 0.15) is 117 Å². The Labute approximate surface area is 387 Å². The molecular formula is C37H66N7O18P3S. The third-order valence-electron chi connectivity index (χ3n) is 10.3. The zero-order valence-electron chi connectivity index (χ0n) is 37.3. The zero-order chi connectivity index (χ0) is 49.1. The van der Waals surface area contributed by atoms with Crippen molar-refractivity contribution in [1.82, 2.24) is 30.2 Å². The molecule has 0 spiro atoms. The molecule has 2 aromatic heterocycles. The average Bonchev–Trinajstić information content (AvgIpc) is 3.79. The van der Waals surface area contributed by atoms with Gasteiger partial charge < -0.3 is 56.0 Å². The fourth-order valence-corrected chi connectivity index (χ4v) is 10.3. The minimum absolute atomic E-state index is 0.0260. The number of rotatable bonds is 33. The molecule has 0 bridgehead atoms. The summed E-state index contributed by atoms with van der Waals surface area (Å²) in [6, 6.07) is 0. The van der Waals surface area contributed by atoms with Gasteiger partial charge in [0.15, 0.2) is 22.8 Å². The van der Waals surface area contributed by atoms with Gasteiger partial charge >= 0.3 is 23.5 Å². The second-order valence-corrected chi connectivity index (χ2v) is 21.9. The summed E-state index contributed by atoms with van der Waals surface area (Å²) in [4.78, 5) is 88.3. The van der Waals surface area contributed by atoms with Gasteiger partial charge in [-0.2, -0.15) is 4.31 Å². The molecule has 1 aliphatic rings. The van der Waals surface area contributed by atoms with Gasteiger partial charge in [-0.05, 0) is 6.42 Å². The number of carbonyl (C=O) groups is 3. The van der Waals surface area contributed by atoms with Crippen LogP contribution in [-0.2, 0) is 50.7 Å². The highest BCUT2D eigenvalue weighted by atomic mass is 32.2. The molecule has 2 aromatic rings. The molecule has 3 unspecified atom stereocenters. The molecule has 1 fully saturated rings. The lowest BCUT2D eigenvalue weighted by molar-refractivity contribution is -0.137. The molecule has 0 aromatic carbocycles. The summed E-state index contributed by atoms with van der Waals surface area (Å²) >= 11 is 0.998. The van der Waals surface area contributed by atoms with E-state index in [2.05, 4.69) is 41.3 Å². The van der Waals surface area contributed by atoms with Gasteiger partial charge in [0.25, 0.3) is 0 Å². The number of nitrogens with one attached hydrogen (secondary N) is 2. The molecule has 11 N–H and O–H groups in total. The minimum atomic E-state index is -5.58. The molecule has 0 saturated carbocycles. The number of imidazole rings is 1. The molecule has 378 valence electrons. The molecule has 3 heterocycles. The van der Waals surface area contributed by atoms with Crippen LogP contribution in [-0.4, -0.2) is 134 Å². The molecule has 0 aliphatic carbocycles. The van der Waals surface area contributed by atoms with Gasteiger partial charge in [0, 0.05) is 37.1 Å². The maximum atomic E-state index is 12.7. The standard InChI is InChI=1S/C37H66N7O18P3S/c1-4-5-6-7-8-9-10-11-12-13-14-15-25(45)20-28(47)66-19-18-39-27(46)16-17-40-35(50)32(49)37(2,3)22-59-65(56,57)62-64(54,55)58-21-26-31(61-63(51,52)53)30(48)36(60-26)44-24-43-29-33(38)41-23-42-34(29)44/h23-26,30-32,36,45,48-49H,4-22H2,1-3H3,(H,39,46)(H,40,50)(H,54,55)(H,56,57)(H2,38,41,42)(H2,51,52,53)/t25?,26-,30-,31-,32+,36-/m1/s1. The van der Waals surface area contributed by atoms with E-state index in [0.717, 1.165) is 48.2 Å². The Balaban J connectivity index is 1.33. The molecule has 1 aliphatic heterocycles. The maximum absolute atomic E-state index is 12.7. The number of hydrogen-bond acceptors (Lipinski definition) is 19. The van der Waals surface area contributed by atoms with Gasteiger partial charge in [0.1, 0.15) is 36.3 Å². The molecule has 3 rings (SSSR count). The smallest absolute Gasteiger partial charge is 0.393 e. The average molecular weight is 1020 g/mol. The number of amides is 2. The van der Waals surface area contributed by atoms with E-state index in [1.54, 1.807) is 0 Å². The lowest BCUT2D eigenvalue weighted by Gasteiger charge is -2.30. The van der Waals surface area contributed by atoms with Crippen LogP contribution in [0.5, 0.6) is 0 Å². The summed E-state index contributed by atoms with van der Waals surface area (Å²) in [6.45, 7) is 2.61. The number of nitrogen functional groups attached to an aromatic ring is 1. The van der Waals surface area contributed by atoms with Crippen molar-refractivity contribution in [3.63, 3.8) is 0 Å². The number of thioether (sulfide) groups is 1. The Morgan fingerprint density at radius 2 is 1.53 bits per heavy atom. The van der Waals surface area contributed by atoms with Crippen molar-refractivity contribution < 1.29 is 85.6 Å². The number of ether oxygens (including phenoxy) is 1. The lowest BCUT2D eigenvalue weighted by Crippen LogP contribution is -2.46. The van der Waals surface area contributed by atoms with Crippen molar-refractivity contribution in [3.05, 3.63) is 12.7 Å². The van der Waals surface area contributed by atoms with Gasteiger partial charge in [-0.15, -0.1) is 0 Å². The van der Waals surface area contributed by atoms with Crippen LogP contribution in [0.15, 0.2) is 12.7 Å². The SMILES string of the molecule is CCCCCCCCCCCCCC(O)CC(=O)SCCNC(=O)CCNC(=O)[C@H](O)C(C)(C)COP(=O)(O)OP(=O)(O)OC[C@H]1O[C@@H](n2cnc3c(N)ncnc32)[C@H](O)[C@@H]1OP(=O)(O)O. The number of anilines is 1. The van der Waals surface area contributed by atoms with Gasteiger partial charge in [-0.25, -0.2) is 28.6 Å². The number of carbonyl (C=O) groups excluding carboxylic acids is 3. The van der Waals surface area contributed by atoms with Crippen molar-refractivity contribution in [2.75, 3.05) is 37.8 Å². The predicted octanol–water partition coefficient (Wildman–Crippen LogP) is 3.12. The van der Waals surface area contributed by atoms with Crippen LogP contribution in [0.25, 0.3) is 11.2 Å². The van der Waals surface area contributed by atoms with Crippen LogP contribution in [0.4, 0.5) is 5.82 Å². The first kappa shape index (κ1) is 57.8. The second-order valence-electron chi connectivity index (χ2n) is 16.5. The highest BCUT2D eigenvalue weighted by Gasteiger charge is 2.50. The number of aromatic nitrogens is 4. The molecule has 1 saturated heterocycles. The summed E-state index contributed by atoms with van der Waals surface area (Å²) in [5, 5.41) is 36.6. The Morgan fingerprint density at radius 3 is 2.17 bits per heavy atom. The molecule has 2 amide bonds. The Morgan fingerprint density at radius 1 is 0.909 bits per heavy atom. The summed E-state index contributed by atoms with van der Waals surface area (Å²) in [5.74, 6) is -1.22. The number of nitrogens with two attached hydrogens (primary N) is 1. The topological polar surface area (TPSA) is 384 Å². The van der Waals surface area contributed by atoms with E-state index in [4.69, 9.17) is 19.5 Å². The van der Waals surface area contributed by atoms with Crippen molar-refractivity contribution in [3.8, 4) is 0 Å². The molecule has 66 heavy (non-hydrogen) atoms. The van der Waals surface area contributed by atoms with Crippen molar-refractivity contribution in [1.29, 1.82) is 0 Å². The molecular weight excluding hydrogens is 955 g/mol. The highest BCUT2D eigenvalue weighted by Crippen LogP contribution is 2.61. The molecule has 25 nitrogen and oxygen atoms in total. The first-order valence-electron chi connectivity index (χ1n) is 21.7. The number of phosphoric acid groups is 3. The van der Waals surface area contributed by atoms with Crippen LogP contribution < -0.4 is 16.4 Å². The number of aliphatic hydroxyl groups is 3. The first-order chi connectivity index (χ1) is 30.9. The van der Waals surface area contributed by atoms with E-state index in [9.17, 15) is 63.0 Å². The normalized spacial score (nSPS) is 20.7. The molecule has 8 atom stereocenters. The Kier molecular flexibility index (Phi) is 24.2. The van der Waals surface area contributed by atoms with Gasteiger partial charge in [0.2, 0.25) is 11.8 Å². The summed E-state index contributed by atoms with van der Waals surface area (Å²) < 4.78 is 62.4. The summed E-state index contributed by atoms with van der Waals surface area (Å²) in [5.41, 5.74) is 4.25. The number of phosphoric ester groups is 3. The monoisotopic (exact) mass is 1020 g/mol. The zero-order valence-corrected chi connectivity index (χ0v) is 40.8. The summed E-state index contributed by atoms with van der Waals surface area (Å²) in [7, 11) is -16.4. The Bertz CT molecular complexity index is 2000. The second kappa shape index (κ2) is 27.6. The van der Waals surface area contributed by atoms with Gasteiger partial charge in [-0.1, -0.05) is 103 Å². The van der Waals surface area contributed by atoms with Crippen LogP contribution in [0.3, 0.4) is 0 Å². The number of aliphatic hydroxyl groups excluding tert-OH is 3. The fourth-order valence-electron chi connectivity index (χ4n) is 6.69. The van der Waals surface area contributed by atoms with Crippen LogP contribution in [0, 0.1) is 5.41 Å². The van der Waals surface area contributed by atoms with E-state index >= 15 is 0 Å². The van der Waals surface area contributed by atoms with Crippen LogP contribution in [0.2, 0.25) is 0 Å². The third-order valence-corrected chi connectivity index (χ3v) is 14.3. The number of hydrogen-bond donors (Lipinski definition) is 10. The predicted molar refractivity (Wildman–Crippen MR) is 239 cm³/mol. The van der Waals surface area contributed by atoms with Crippen molar-refractivity contribution in [2.45, 2.75) is 147 Å². The van der Waals surface area contributed by atoms with E-state index in [0.29, 0.717) is 6.42 Å². The number of fused-ring (bicyclic) bond motifs is 1. The van der Waals surface area contributed by atoms with E-state index in [1.807, 2.05) is 0 Å². The third kappa shape index (κ3) is 20.6. The van der Waals surface area contributed by atoms with Crippen LogP contribution >= 0.6 is 35.2 Å². The first-order valence-corrected chi connectivity index (χ1v) is 27.2. The Hall–Kier alpha value is -2.48. The number of unbranched alkanes of at least 4 members (excludes halogenated alkanes) is 10. The van der Waals surface area contributed by atoms with E-state index in [1.165, 1.54) is 65.2 Å². The minimum Gasteiger partial charge on any atom is -0.393 e. The van der Waals surface area contributed by atoms with Crippen molar-refractivity contribution >= 4 is 69.1 Å². The van der Waals surface area contributed by atoms with E-state index in [-0.39, 0.29) is 53.8 Å². The maximum Gasteiger partial charge on any atom is 0.481 e. The summed E-state index contributed by atoms with van der Waals surface area (Å²) in [6.07, 6.45) is 6.04. The quantitative estimate of drug-likeness (QED) is 0.0362. The fraction of sp³-hybridized carbons (Fsp3) is 0.784. The van der Waals surface area contributed by atoms with E-state index < -0.39 is 90.7 Å². The van der Waals surface area contributed by atoms with Crippen molar-refractivity contribution in [2.24, 2.45) is 5.41 Å². The molecule has 29 heteroatoms. The highest BCUT2D eigenvalue weighted by molar-refractivity contribution is 8.13. The van der Waals surface area contributed by atoms with Gasteiger partial charge in [-0.3, -0.25) is 32.5 Å². The largest absolute Gasteiger partial charge is 0.481 e. The lowest BCUT2D eigenvalue weighted by atomic mass is 9.87. The van der Waals surface area contributed by atoms with Gasteiger partial charge in [0.05, 0.1) is 25.6 Å².